The number of anilines is 3. The molecule has 0 saturated carbocycles. The summed E-state index contributed by atoms with van der Waals surface area (Å²) in [5, 5.41) is 6.83. The molecule has 1 fully saturated rings. The number of benzene rings is 2. The molecule has 0 amide bonds. The van der Waals surface area contributed by atoms with Gasteiger partial charge in [-0.3, -0.25) is 0 Å². The maximum absolute atomic E-state index is 6.13. The van der Waals surface area contributed by atoms with Crippen LogP contribution in [0.2, 0.25) is 0 Å². The van der Waals surface area contributed by atoms with Crippen molar-refractivity contribution in [3.63, 3.8) is 0 Å². The molecule has 7 nitrogen and oxygen atoms in total. The van der Waals surface area contributed by atoms with Crippen LogP contribution in [0.4, 0.5) is 17.2 Å². The van der Waals surface area contributed by atoms with Gasteiger partial charge in [-0.1, -0.05) is 18.2 Å². The molecule has 0 bridgehead atoms. The van der Waals surface area contributed by atoms with E-state index in [9.17, 15) is 0 Å². The van der Waals surface area contributed by atoms with Gasteiger partial charge in [0.15, 0.2) is 0 Å². The van der Waals surface area contributed by atoms with E-state index in [1.54, 1.807) is 17.7 Å². The molecule has 1 saturated heterocycles. The number of nitrogens with one attached hydrogen (secondary N) is 1. The van der Waals surface area contributed by atoms with Crippen molar-refractivity contribution < 1.29 is 14.2 Å². The maximum atomic E-state index is 6.13. The highest BCUT2D eigenvalue weighted by molar-refractivity contribution is 7.17. The van der Waals surface area contributed by atoms with Gasteiger partial charge in [0.05, 0.1) is 43.2 Å². The number of hydrogen-bond donors (Lipinski definition) is 1. The normalized spacial score (nSPS) is 15.4. The van der Waals surface area contributed by atoms with Gasteiger partial charge < -0.3 is 24.4 Å². The smallest absolute Gasteiger partial charge is 0.145 e. The van der Waals surface area contributed by atoms with E-state index in [1.165, 1.54) is 36.0 Å². The molecule has 2 aromatic carbocycles. The molecular formula is C30H34N4O3S. The van der Waals surface area contributed by atoms with Gasteiger partial charge in [0, 0.05) is 36.2 Å². The molecule has 2 aliphatic rings. The van der Waals surface area contributed by atoms with Crippen LogP contribution in [-0.2, 0) is 17.6 Å². The van der Waals surface area contributed by atoms with Crippen LogP contribution in [-0.4, -0.2) is 49.5 Å². The minimum absolute atomic E-state index is 0.559. The maximum Gasteiger partial charge on any atom is 0.145 e. The van der Waals surface area contributed by atoms with Crippen LogP contribution >= 0.6 is 11.3 Å². The van der Waals surface area contributed by atoms with E-state index < -0.39 is 0 Å². The number of nitrogens with zero attached hydrogens (tertiary/aromatic N) is 3. The Morgan fingerprint density at radius 3 is 2.55 bits per heavy atom. The number of fused-ring (bicyclic) bond motifs is 2. The summed E-state index contributed by atoms with van der Waals surface area (Å²) < 4.78 is 17.8. The van der Waals surface area contributed by atoms with Crippen LogP contribution in [0.5, 0.6) is 11.5 Å². The van der Waals surface area contributed by atoms with Gasteiger partial charge in [0.1, 0.15) is 28.5 Å². The Hall–Kier alpha value is -3.36. The Bertz CT molecular complexity index is 1430. The van der Waals surface area contributed by atoms with Crippen LogP contribution in [0.1, 0.15) is 37.8 Å². The average molecular weight is 531 g/mol. The highest BCUT2D eigenvalue weighted by Gasteiger charge is 2.22. The number of thiophene rings is 1. The van der Waals surface area contributed by atoms with E-state index in [1.807, 2.05) is 19.9 Å². The number of hydrogen-bond acceptors (Lipinski definition) is 8. The third kappa shape index (κ3) is 4.90. The van der Waals surface area contributed by atoms with Crippen molar-refractivity contribution in [1.29, 1.82) is 0 Å². The molecule has 2 aromatic heterocycles. The molecule has 3 heterocycles. The predicted molar refractivity (Wildman–Crippen MR) is 155 cm³/mol. The topological polar surface area (TPSA) is 68.7 Å². The predicted octanol–water partition coefficient (Wildman–Crippen LogP) is 6.61. The zero-order chi connectivity index (χ0) is 25.9. The summed E-state index contributed by atoms with van der Waals surface area (Å²) in [4.78, 5) is 12.6. The van der Waals surface area contributed by atoms with Crippen molar-refractivity contribution in [1.82, 2.24) is 9.97 Å². The molecule has 6 rings (SSSR count). The first-order chi connectivity index (χ1) is 18.7. The molecule has 0 atom stereocenters. The third-order valence-corrected chi connectivity index (χ3v) is 8.18. The summed E-state index contributed by atoms with van der Waals surface area (Å²) in [7, 11) is 0. The molecule has 38 heavy (non-hydrogen) atoms. The summed E-state index contributed by atoms with van der Waals surface area (Å²) in [6.07, 6.45) is 6.51. The molecule has 1 aliphatic carbocycles. The minimum Gasteiger partial charge on any atom is -0.492 e. The second-order valence-electron chi connectivity index (χ2n) is 9.65. The van der Waals surface area contributed by atoms with E-state index in [-0.39, 0.29) is 0 Å². The zero-order valence-corrected chi connectivity index (χ0v) is 22.9. The molecule has 8 heteroatoms. The summed E-state index contributed by atoms with van der Waals surface area (Å²) in [6, 6.07) is 11.0. The van der Waals surface area contributed by atoms with Crippen LogP contribution in [0.3, 0.4) is 0 Å². The van der Waals surface area contributed by atoms with E-state index in [0.29, 0.717) is 26.4 Å². The molecular weight excluding hydrogens is 496 g/mol. The van der Waals surface area contributed by atoms with Crippen molar-refractivity contribution in [2.24, 2.45) is 0 Å². The Morgan fingerprint density at radius 1 is 0.947 bits per heavy atom. The quantitative estimate of drug-likeness (QED) is 0.275. The second kappa shape index (κ2) is 11.2. The lowest BCUT2D eigenvalue weighted by Crippen LogP contribution is -2.36. The first-order valence-electron chi connectivity index (χ1n) is 13.6. The largest absolute Gasteiger partial charge is 0.492 e. The van der Waals surface area contributed by atoms with Gasteiger partial charge in [-0.05, 0) is 56.2 Å². The number of aryl methyl sites for hydroxylation is 2. The van der Waals surface area contributed by atoms with E-state index in [2.05, 4.69) is 44.8 Å². The molecule has 198 valence electrons. The molecule has 0 radical (unpaired) electrons. The molecule has 1 N–H and O–H groups in total. The van der Waals surface area contributed by atoms with E-state index in [4.69, 9.17) is 19.2 Å². The number of morpholine rings is 1. The fourth-order valence-corrected chi connectivity index (χ4v) is 6.37. The van der Waals surface area contributed by atoms with Gasteiger partial charge in [-0.15, -0.1) is 11.3 Å². The molecule has 0 unspecified atom stereocenters. The Morgan fingerprint density at radius 2 is 1.74 bits per heavy atom. The molecule has 1 aliphatic heterocycles. The van der Waals surface area contributed by atoms with Gasteiger partial charge in [-0.25, -0.2) is 9.97 Å². The summed E-state index contributed by atoms with van der Waals surface area (Å²) in [5.74, 6) is 2.37. The fourth-order valence-electron chi connectivity index (χ4n) is 5.46. The summed E-state index contributed by atoms with van der Waals surface area (Å²) in [5.41, 5.74) is 7.20. The Balaban J connectivity index is 1.41. The van der Waals surface area contributed by atoms with Crippen molar-refractivity contribution in [3.05, 3.63) is 53.2 Å². The standard InChI is InChI=1S/C30H34N4O3S/c1-3-36-26-17-25(34-11-13-35-14-12-34)27(37-4-2)16-24(26)33-29-28-23(18-38-30(28)32-19-31-29)22-10-9-20-7-5-6-8-21(20)15-22/h9-10,15-19H,3-8,11-14H2,1-2H3,(H,31,32,33). The lowest BCUT2D eigenvalue weighted by molar-refractivity contribution is 0.122. The van der Waals surface area contributed by atoms with Crippen molar-refractivity contribution in [2.75, 3.05) is 49.7 Å². The lowest BCUT2D eigenvalue weighted by atomic mass is 9.89. The number of aromatic nitrogens is 2. The SMILES string of the molecule is CCOc1cc(N2CCOCC2)c(OCC)cc1Nc1ncnc2scc(-c3ccc4c(c3)CCCC4)c12. The van der Waals surface area contributed by atoms with Crippen LogP contribution in [0.25, 0.3) is 21.3 Å². The van der Waals surface area contributed by atoms with Gasteiger partial charge in [0.2, 0.25) is 0 Å². The number of rotatable bonds is 8. The van der Waals surface area contributed by atoms with Crippen LogP contribution < -0.4 is 19.7 Å². The van der Waals surface area contributed by atoms with Gasteiger partial charge in [0.25, 0.3) is 0 Å². The Labute approximate surface area is 227 Å². The van der Waals surface area contributed by atoms with Crippen LogP contribution in [0.15, 0.2) is 42.0 Å². The molecule has 4 aromatic rings. The van der Waals surface area contributed by atoms with Crippen molar-refractivity contribution >= 4 is 38.7 Å². The van der Waals surface area contributed by atoms with Crippen LogP contribution in [0, 0.1) is 0 Å². The van der Waals surface area contributed by atoms with E-state index in [0.717, 1.165) is 64.0 Å². The summed E-state index contributed by atoms with van der Waals surface area (Å²) in [6.45, 7) is 8.21. The highest BCUT2D eigenvalue weighted by atomic mass is 32.1. The lowest BCUT2D eigenvalue weighted by Gasteiger charge is -2.31. The second-order valence-corrected chi connectivity index (χ2v) is 10.5. The van der Waals surface area contributed by atoms with Gasteiger partial charge >= 0.3 is 0 Å². The third-order valence-electron chi connectivity index (χ3n) is 7.30. The van der Waals surface area contributed by atoms with Crippen molar-refractivity contribution in [3.8, 4) is 22.6 Å². The first kappa shape index (κ1) is 24.9. The first-order valence-corrected chi connectivity index (χ1v) is 14.5. The number of ether oxygens (including phenoxy) is 3. The fraction of sp³-hybridized carbons (Fsp3) is 0.400. The monoisotopic (exact) mass is 530 g/mol. The summed E-state index contributed by atoms with van der Waals surface area (Å²) >= 11 is 1.65. The zero-order valence-electron chi connectivity index (χ0n) is 22.1. The molecule has 0 spiro atoms. The van der Waals surface area contributed by atoms with E-state index >= 15 is 0 Å². The van der Waals surface area contributed by atoms with Crippen molar-refractivity contribution in [2.45, 2.75) is 39.5 Å². The average Bonchev–Trinajstić information content (AvgIpc) is 3.40. The Kier molecular flexibility index (Phi) is 7.33. The van der Waals surface area contributed by atoms with Gasteiger partial charge in [-0.2, -0.15) is 0 Å². The minimum atomic E-state index is 0.559. The highest BCUT2D eigenvalue weighted by Crippen LogP contribution is 2.43.